The highest BCUT2D eigenvalue weighted by molar-refractivity contribution is 5.95. The molecule has 272 valence electrons. The van der Waals surface area contributed by atoms with Crippen molar-refractivity contribution in [1.82, 2.24) is 0 Å². The van der Waals surface area contributed by atoms with E-state index in [9.17, 15) is 50.1 Å². The monoisotopic (exact) mass is 680 g/mol. The first-order valence-electron chi connectivity index (χ1n) is 17.3. The Balaban J connectivity index is 1.49. The fourth-order valence-electron chi connectivity index (χ4n) is 10.7. The zero-order chi connectivity index (χ0) is 36.2. The number of ketones is 3. The molecule has 3 saturated carbocycles. The van der Waals surface area contributed by atoms with Gasteiger partial charge in [-0.25, -0.2) is 0 Å². The van der Waals surface area contributed by atoms with Crippen LogP contribution in [0, 0.1) is 39.4 Å². The number of hydrogen-bond donors (Lipinski definition) is 7. The summed E-state index contributed by atoms with van der Waals surface area (Å²) in [7, 11) is 0. The summed E-state index contributed by atoms with van der Waals surface area (Å²) >= 11 is 0. The average molecular weight is 681 g/mol. The van der Waals surface area contributed by atoms with Gasteiger partial charge in [-0.05, 0) is 83.0 Å². The van der Waals surface area contributed by atoms with Gasteiger partial charge < -0.3 is 45.2 Å². The zero-order valence-corrected chi connectivity index (χ0v) is 29.5. The molecule has 1 saturated heterocycles. The van der Waals surface area contributed by atoms with Crippen molar-refractivity contribution in [3.8, 4) is 0 Å². The second-order valence-corrected chi connectivity index (χ2v) is 17.4. The Hall–Kier alpha value is -1.61. The van der Waals surface area contributed by atoms with Crippen LogP contribution >= 0.6 is 0 Å². The van der Waals surface area contributed by atoms with Crippen LogP contribution in [0.25, 0.3) is 0 Å². The van der Waals surface area contributed by atoms with Crippen LogP contribution in [0.2, 0.25) is 0 Å². The fraction of sp³-hybridized carbons (Fsp3) is 0.861. The standard InChI is InChI=1S/C36H56O12/c1-31(2,45)12-11-23(39)36(8,46)28-19(38)14-33(5)22-10-9-17-18(35(22,7)24(40)15-34(28,33)6)13-20(29(44)32(17,3)4)47-30-27(43)26(42)25(41)21(16-37)48-30/h9,18-22,25-28,30,37-38,41-43,45-46H,10-16H2,1-8H3/t18-,19-,20+,21-,22+,25-,26+,27-,28?,30-,33+,34-,35+,36+/m1/s1. The summed E-state index contributed by atoms with van der Waals surface area (Å²) in [5.41, 5.74) is -6.01. The second kappa shape index (κ2) is 12.0. The van der Waals surface area contributed by atoms with E-state index in [0.29, 0.717) is 6.42 Å². The maximum absolute atomic E-state index is 14.7. The molecular weight excluding hydrogens is 624 g/mol. The molecule has 5 rings (SSSR count). The number of rotatable bonds is 8. The molecular formula is C36H56O12. The molecule has 0 radical (unpaired) electrons. The van der Waals surface area contributed by atoms with Gasteiger partial charge in [0.05, 0.1) is 18.3 Å². The van der Waals surface area contributed by atoms with E-state index in [1.807, 2.05) is 26.8 Å². The third-order valence-electron chi connectivity index (χ3n) is 13.7. The van der Waals surface area contributed by atoms with Crippen molar-refractivity contribution in [3.63, 3.8) is 0 Å². The highest BCUT2D eigenvalue weighted by Gasteiger charge is 2.74. The normalized spacial score (nSPS) is 47.0. The van der Waals surface area contributed by atoms with E-state index in [-0.39, 0.29) is 49.6 Å². The second-order valence-electron chi connectivity index (χ2n) is 17.4. The molecule has 0 bridgehead atoms. The van der Waals surface area contributed by atoms with Crippen LogP contribution in [0.4, 0.5) is 0 Å². The number of aliphatic hydroxyl groups is 7. The van der Waals surface area contributed by atoms with Crippen molar-refractivity contribution < 1.29 is 59.6 Å². The largest absolute Gasteiger partial charge is 0.394 e. The van der Waals surface area contributed by atoms with Crippen molar-refractivity contribution in [2.75, 3.05) is 6.61 Å². The Bertz CT molecular complexity index is 1350. The first kappa shape index (κ1) is 37.6. The fourth-order valence-corrected chi connectivity index (χ4v) is 10.7. The molecule has 0 aromatic heterocycles. The molecule has 14 atom stereocenters. The van der Waals surface area contributed by atoms with Crippen molar-refractivity contribution in [1.29, 1.82) is 0 Å². The van der Waals surface area contributed by atoms with Crippen LogP contribution in [0.3, 0.4) is 0 Å². The van der Waals surface area contributed by atoms with Gasteiger partial charge in [0.15, 0.2) is 17.9 Å². The molecule has 7 N–H and O–H groups in total. The lowest BCUT2D eigenvalue weighted by molar-refractivity contribution is -0.311. The Morgan fingerprint density at radius 2 is 1.60 bits per heavy atom. The van der Waals surface area contributed by atoms with Gasteiger partial charge in [0.25, 0.3) is 0 Å². The molecule has 0 amide bonds. The van der Waals surface area contributed by atoms with E-state index in [0.717, 1.165) is 5.57 Å². The number of carbonyl (C=O) groups excluding carboxylic acids is 3. The highest BCUT2D eigenvalue weighted by Crippen LogP contribution is 2.74. The van der Waals surface area contributed by atoms with E-state index in [4.69, 9.17) is 9.47 Å². The van der Waals surface area contributed by atoms with Crippen LogP contribution in [-0.2, 0) is 23.9 Å². The van der Waals surface area contributed by atoms with Crippen molar-refractivity contribution in [2.24, 2.45) is 39.4 Å². The van der Waals surface area contributed by atoms with Gasteiger partial charge in [0, 0.05) is 29.6 Å². The number of allylic oxidation sites excluding steroid dienone is 2. The van der Waals surface area contributed by atoms with E-state index in [1.54, 1.807) is 27.7 Å². The van der Waals surface area contributed by atoms with E-state index < -0.39 is 100 Å². The molecule has 0 spiro atoms. The quantitative estimate of drug-likeness (QED) is 0.179. The van der Waals surface area contributed by atoms with E-state index >= 15 is 0 Å². The topological polar surface area (TPSA) is 211 Å². The van der Waals surface area contributed by atoms with Crippen LogP contribution in [0.1, 0.15) is 93.9 Å². The Labute approximate surface area is 282 Å². The highest BCUT2D eigenvalue weighted by atomic mass is 16.7. The molecule has 0 aromatic rings. The molecule has 1 aliphatic heterocycles. The Morgan fingerprint density at radius 3 is 2.19 bits per heavy atom. The van der Waals surface area contributed by atoms with Crippen molar-refractivity contribution in [3.05, 3.63) is 11.6 Å². The lowest BCUT2D eigenvalue weighted by Crippen LogP contribution is -2.66. The minimum atomic E-state index is -1.95. The van der Waals surface area contributed by atoms with Gasteiger partial charge in [-0.3, -0.25) is 14.4 Å². The number of aliphatic hydroxyl groups excluding tert-OH is 5. The number of hydrogen-bond acceptors (Lipinski definition) is 12. The summed E-state index contributed by atoms with van der Waals surface area (Å²) in [4.78, 5) is 42.2. The summed E-state index contributed by atoms with van der Waals surface area (Å²) < 4.78 is 11.6. The molecule has 0 aromatic carbocycles. The smallest absolute Gasteiger partial charge is 0.187 e. The van der Waals surface area contributed by atoms with E-state index in [1.165, 1.54) is 6.92 Å². The van der Waals surface area contributed by atoms with Crippen LogP contribution < -0.4 is 0 Å². The zero-order valence-electron chi connectivity index (χ0n) is 29.5. The number of carbonyl (C=O) groups is 3. The van der Waals surface area contributed by atoms with Crippen LogP contribution in [0.15, 0.2) is 11.6 Å². The molecule has 4 fully saturated rings. The minimum absolute atomic E-state index is 0.0104. The number of ether oxygens (including phenoxy) is 2. The van der Waals surface area contributed by atoms with Crippen molar-refractivity contribution in [2.45, 2.75) is 148 Å². The molecule has 12 nitrogen and oxygen atoms in total. The Kier molecular flexibility index (Phi) is 9.40. The van der Waals surface area contributed by atoms with Gasteiger partial charge in [-0.1, -0.05) is 32.4 Å². The summed E-state index contributed by atoms with van der Waals surface area (Å²) in [5, 5.41) is 74.6. The first-order valence-corrected chi connectivity index (χ1v) is 17.3. The SMILES string of the molecule is CC(C)(O)CCC(=O)[C@](C)(O)C1[C@H](O)C[C@@]2(C)[C@@H]3CC=C4[C@@H](C[C@H](O[C@@H]5O[C@H](CO)[C@@H](O)[C@H](O)[C@H]5O)C(=O)C4(C)C)[C@]3(C)C(=O)C[C@]12C. The molecule has 1 unspecified atom stereocenters. The van der Waals surface area contributed by atoms with Crippen LogP contribution in [0.5, 0.6) is 0 Å². The average Bonchev–Trinajstić information content (AvgIpc) is 3.19. The maximum atomic E-state index is 14.7. The summed E-state index contributed by atoms with van der Waals surface area (Å²) in [5.74, 6) is -2.62. The van der Waals surface area contributed by atoms with Gasteiger partial charge >= 0.3 is 0 Å². The van der Waals surface area contributed by atoms with Gasteiger partial charge in [0.2, 0.25) is 0 Å². The predicted octanol–water partition coefficient (Wildman–Crippen LogP) is 0.977. The minimum Gasteiger partial charge on any atom is -0.394 e. The third-order valence-corrected chi connectivity index (χ3v) is 13.7. The molecule has 5 aliphatic rings. The summed E-state index contributed by atoms with van der Waals surface area (Å²) in [6, 6.07) is 0. The van der Waals surface area contributed by atoms with Crippen molar-refractivity contribution >= 4 is 17.3 Å². The first-order chi connectivity index (χ1) is 21.9. The lowest BCUT2D eigenvalue weighted by Gasteiger charge is -2.64. The Morgan fingerprint density at radius 1 is 0.979 bits per heavy atom. The lowest BCUT2D eigenvalue weighted by atomic mass is 9.38. The molecule has 4 aliphatic carbocycles. The van der Waals surface area contributed by atoms with Crippen LogP contribution in [-0.4, -0.2) is 114 Å². The number of fused-ring (bicyclic) bond motifs is 5. The van der Waals surface area contributed by atoms with E-state index in [2.05, 4.69) is 0 Å². The molecule has 48 heavy (non-hydrogen) atoms. The van der Waals surface area contributed by atoms with Gasteiger partial charge in [-0.2, -0.15) is 0 Å². The molecule has 1 heterocycles. The molecule has 12 heteroatoms. The third kappa shape index (κ3) is 5.40. The number of Topliss-reactive ketones (excluding diaryl/α,β-unsaturated/α-hetero) is 3. The summed E-state index contributed by atoms with van der Waals surface area (Å²) in [6.45, 7) is 13.3. The predicted molar refractivity (Wildman–Crippen MR) is 171 cm³/mol. The maximum Gasteiger partial charge on any atom is 0.187 e. The summed E-state index contributed by atoms with van der Waals surface area (Å²) in [6.07, 6.45) is -7.10. The van der Waals surface area contributed by atoms with Gasteiger partial charge in [0.1, 0.15) is 41.9 Å². The van der Waals surface area contributed by atoms with Gasteiger partial charge in [-0.15, -0.1) is 0 Å².